The summed E-state index contributed by atoms with van der Waals surface area (Å²) in [6, 6.07) is 10.9. The van der Waals surface area contributed by atoms with Crippen LogP contribution in [0.3, 0.4) is 0 Å². The van der Waals surface area contributed by atoms with E-state index in [1.165, 1.54) is 11.8 Å². The number of carbonyl (C=O) groups is 1. The summed E-state index contributed by atoms with van der Waals surface area (Å²) >= 11 is 1.35. The molecule has 2 aromatic heterocycles. The van der Waals surface area contributed by atoms with Crippen LogP contribution in [0.2, 0.25) is 0 Å². The molecule has 4 rings (SSSR count). The SMILES string of the molecule is COc1ccc(NC(=O)CSc2cc(-c3nc(C4CC4)no3)ccn2)cc1. The minimum absolute atomic E-state index is 0.105. The third-order valence-corrected chi connectivity index (χ3v) is 5.02. The molecule has 0 unspecified atom stereocenters. The molecule has 7 nitrogen and oxygen atoms in total. The van der Waals surface area contributed by atoms with Gasteiger partial charge in [0.05, 0.1) is 17.9 Å². The fraction of sp³-hybridized carbons (Fsp3) is 0.263. The van der Waals surface area contributed by atoms with E-state index >= 15 is 0 Å². The standard InChI is InChI=1S/C19H18N4O3S/c1-25-15-6-4-14(5-7-15)21-16(24)11-27-17-10-13(8-9-20-17)19-22-18(23-26-19)12-2-3-12/h4-10,12H,2-3,11H2,1H3,(H,21,24). The van der Waals surface area contributed by atoms with Gasteiger partial charge in [-0.25, -0.2) is 4.98 Å². The number of nitrogens with zero attached hydrogens (tertiary/aromatic N) is 3. The molecule has 1 aromatic carbocycles. The highest BCUT2D eigenvalue weighted by molar-refractivity contribution is 7.99. The fourth-order valence-electron chi connectivity index (χ4n) is 2.49. The Bertz CT molecular complexity index is 938. The van der Waals surface area contributed by atoms with Gasteiger partial charge in [0.1, 0.15) is 5.75 Å². The van der Waals surface area contributed by atoms with Gasteiger partial charge in [-0.1, -0.05) is 16.9 Å². The number of aromatic nitrogens is 3. The molecule has 3 aromatic rings. The maximum Gasteiger partial charge on any atom is 0.258 e. The van der Waals surface area contributed by atoms with E-state index in [-0.39, 0.29) is 11.7 Å². The van der Waals surface area contributed by atoms with Crippen LogP contribution in [0.25, 0.3) is 11.5 Å². The Morgan fingerprint density at radius 2 is 2.11 bits per heavy atom. The summed E-state index contributed by atoms with van der Waals surface area (Å²) in [6.07, 6.45) is 3.93. The van der Waals surface area contributed by atoms with Gasteiger partial charge in [0.2, 0.25) is 5.91 Å². The van der Waals surface area contributed by atoms with Crippen LogP contribution < -0.4 is 10.1 Å². The number of hydrogen-bond donors (Lipinski definition) is 1. The molecule has 0 aliphatic heterocycles. The lowest BCUT2D eigenvalue weighted by Gasteiger charge is -2.06. The minimum atomic E-state index is -0.105. The lowest BCUT2D eigenvalue weighted by molar-refractivity contribution is -0.113. The predicted octanol–water partition coefficient (Wildman–Crippen LogP) is 3.75. The molecule has 8 heteroatoms. The fourth-order valence-corrected chi connectivity index (χ4v) is 3.19. The summed E-state index contributed by atoms with van der Waals surface area (Å²) in [5, 5.41) is 7.61. The molecular weight excluding hydrogens is 364 g/mol. The summed E-state index contributed by atoms with van der Waals surface area (Å²) in [5.74, 6) is 2.60. The summed E-state index contributed by atoms with van der Waals surface area (Å²) in [4.78, 5) is 20.9. The van der Waals surface area contributed by atoms with Crippen molar-refractivity contribution < 1.29 is 14.1 Å². The van der Waals surface area contributed by atoms with Crippen molar-refractivity contribution in [3.63, 3.8) is 0 Å². The van der Waals surface area contributed by atoms with Crippen molar-refractivity contribution in [2.45, 2.75) is 23.8 Å². The van der Waals surface area contributed by atoms with Crippen molar-refractivity contribution in [3.8, 4) is 17.2 Å². The molecule has 1 amide bonds. The first-order valence-corrected chi connectivity index (χ1v) is 9.56. The van der Waals surface area contributed by atoms with Crippen molar-refractivity contribution >= 4 is 23.4 Å². The number of hydrogen-bond acceptors (Lipinski definition) is 7. The second-order valence-electron chi connectivity index (χ2n) is 6.18. The van der Waals surface area contributed by atoms with E-state index in [0.717, 1.165) is 40.7 Å². The summed E-state index contributed by atoms with van der Waals surface area (Å²) in [5.41, 5.74) is 1.53. The van der Waals surface area contributed by atoms with Crippen LogP contribution in [0.4, 0.5) is 5.69 Å². The van der Waals surface area contributed by atoms with Crippen LogP contribution in [0, 0.1) is 0 Å². The second-order valence-corrected chi connectivity index (χ2v) is 7.18. The molecule has 0 spiro atoms. The van der Waals surface area contributed by atoms with Crippen LogP contribution in [0.1, 0.15) is 24.6 Å². The normalized spacial score (nSPS) is 13.4. The third-order valence-electron chi connectivity index (χ3n) is 4.09. The van der Waals surface area contributed by atoms with E-state index in [2.05, 4.69) is 20.4 Å². The third kappa shape index (κ3) is 4.46. The zero-order valence-electron chi connectivity index (χ0n) is 14.7. The van der Waals surface area contributed by atoms with E-state index < -0.39 is 0 Å². The molecule has 138 valence electrons. The molecule has 2 heterocycles. The lowest BCUT2D eigenvalue weighted by Crippen LogP contribution is -2.14. The van der Waals surface area contributed by atoms with E-state index in [1.54, 1.807) is 37.6 Å². The smallest absolute Gasteiger partial charge is 0.258 e. The van der Waals surface area contributed by atoms with E-state index in [4.69, 9.17) is 9.26 Å². The van der Waals surface area contributed by atoms with Crippen molar-refractivity contribution in [1.29, 1.82) is 0 Å². The molecule has 0 radical (unpaired) electrons. The monoisotopic (exact) mass is 382 g/mol. The highest BCUT2D eigenvalue weighted by Crippen LogP contribution is 2.39. The Labute approximate surface area is 160 Å². The average Bonchev–Trinajstić information content (AvgIpc) is 3.44. The quantitative estimate of drug-likeness (QED) is 0.622. The summed E-state index contributed by atoms with van der Waals surface area (Å²) < 4.78 is 10.4. The van der Waals surface area contributed by atoms with Crippen molar-refractivity contribution in [1.82, 2.24) is 15.1 Å². The van der Waals surface area contributed by atoms with Gasteiger partial charge in [0.15, 0.2) is 5.82 Å². The molecule has 27 heavy (non-hydrogen) atoms. The number of benzene rings is 1. The Hall–Kier alpha value is -2.87. The first-order valence-electron chi connectivity index (χ1n) is 8.58. The van der Waals surface area contributed by atoms with E-state index in [9.17, 15) is 4.79 Å². The lowest BCUT2D eigenvalue weighted by atomic mass is 10.3. The van der Waals surface area contributed by atoms with Gasteiger partial charge in [-0.3, -0.25) is 4.79 Å². The maximum absolute atomic E-state index is 12.1. The number of amides is 1. The molecule has 1 N–H and O–H groups in total. The number of nitrogens with one attached hydrogen (secondary N) is 1. The molecular formula is C19H18N4O3S. The molecule has 1 saturated carbocycles. The van der Waals surface area contributed by atoms with Gasteiger partial charge in [0.25, 0.3) is 5.89 Å². The van der Waals surface area contributed by atoms with Gasteiger partial charge in [-0.2, -0.15) is 4.98 Å². The van der Waals surface area contributed by atoms with Crippen molar-refractivity contribution in [3.05, 3.63) is 48.4 Å². The Balaban J connectivity index is 1.35. The number of ether oxygens (including phenoxy) is 1. The number of pyridine rings is 1. The molecule has 1 aliphatic rings. The Morgan fingerprint density at radius 3 is 2.85 bits per heavy atom. The van der Waals surface area contributed by atoms with Crippen LogP contribution in [0.5, 0.6) is 5.75 Å². The highest BCUT2D eigenvalue weighted by Gasteiger charge is 2.29. The molecule has 0 atom stereocenters. The molecule has 0 bridgehead atoms. The molecule has 1 aliphatic carbocycles. The predicted molar refractivity (Wildman–Crippen MR) is 102 cm³/mol. The average molecular weight is 382 g/mol. The number of thioether (sulfide) groups is 1. The topological polar surface area (TPSA) is 90.1 Å². The first-order chi connectivity index (χ1) is 13.2. The van der Waals surface area contributed by atoms with E-state index in [1.807, 2.05) is 12.1 Å². The Morgan fingerprint density at radius 1 is 1.30 bits per heavy atom. The van der Waals surface area contributed by atoms with Gasteiger partial charge < -0.3 is 14.6 Å². The number of carbonyl (C=O) groups excluding carboxylic acids is 1. The van der Waals surface area contributed by atoms with Crippen LogP contribution >= 0.6 is 11.8 Å². The van der Waals surface area contributed by atoms with Gasteiger partial charge in [-0.15, -0.1) is 0 Å². The van der Waals surface area contributed by atoms with Gasteiger partial charge in [-0.05, 0) is 49.2 Å². The zero-order chi connectivity index (χ0) is 18.6. The van der Waals surface area contributed by atoms with Crippen molar-refractivity contribution in [2.24, 2.45) is 0 Å². The number of rotatable bonds is 7. The first kappa shape index (κ1) is 17.5. The minimum Gasteiger partial charge on any atom is -0.497 e. The molecule has 0 saturated heterocycles. The van der Waals surface area contributed by atoms with Crippen LogP contribution in [-0.2, 0) is 4.79 Å². The van der Waals surface area contributed by atoms with Gasteiger partial charge >= 0.3 is 0 Å². The summed E-state index contributed by atoms with van der Waals surface area (Å²) in [6.45, 7) is 0. The maximum atomic E-state index is 12.1. The molecule has 1 fully saturated rings. The number of methoxy groups -OCH3 is 1. The second kappa shape index (κ2) is 7.79. The Kier molecular flexibility index (Phi) is 5.06. The van der Waals surface area contributed by atoms with Gasteiger partial charge in [0, 0.05) is 23.4 Å². The van der Waals surface area contributed by atoms with Crippen LogP contribution in [-0.4, -0.2) is 33.9 Å². The largest absolute Gasteiger partial charge is 0.497 e. The highest BCUT2D eigenvalue weighted by atomic mass is 32.2. The summed E-state index contributed by atoms with van der Waals surface area (Å²) in [7, 11) is 1.60. The zero-order valence-corrected chi connectivity index (χ0v) is 15.5. The van der Waals surface area contributed by atoms with Crippen molar-refractivity contribution in [2.75, 3.05) is 18.2 Å². The number of anilines is 1. The van der Waals surface area contributed by atoms with E-state index in [0.29, 0.717) is 11.8 Å². The van der Waals surface area contributed by atoms with Crippen LogP contribution in [0.15, 0.2) is 52.1 Å².